The van der Waals surface area contributed by atoms with E-state index in [1.165, 1.54) is 45.0 Å². The molecule has 1 saturated carbocycles. The number of carbonyl (C=O) groups excluding carboxylic acids is 1. The molecule has 1 aliphatic heterocycles. The van der Waals surface area contributed by atoms with Crippen LogP contribution < -0.4 is 0 Å². The zero-order chi connectivity index (χ0) is 21.9. The molecule has 0 radical (unpaired) electrons. The second kappa shape index (κ2) is 7.31. The van der Waals surface area contributed by atoms with Crippen LogP contribution in [0.3, 0.4) is 0 Å². The van der Waals surface area contributed by atoms with Crippen molar-refractivity contribution in [3.05, 3.63) is 108 Å². The monoisotopic (exact) mass is 429 g/mol. The summed E-state index contributed by atoms with van der Waals surface area (Å²) in [5.74, 6) is 1.50. The van der Waals surface area contributed by atoms with E-state index in [1.807, 2.05) is 6.07 Å². The van der Waals surface area contributed by atoms with E-state index in [-0.39, 0.29) is 5.92 Å². The molecule has 0 N–H and O–H groups in total. The van der Waals surface area contributed by atoms with E-state index in [9.17, 15) is 4.79 Å². The Bertz CT molecular complexity index is 1370. The van der Waals surface area contributed by atoms with Gasteiger partial charge < -0.3 is 4.90 Å². The van der Waals surface area contributed by atoms with Crippen molar-refractivity contribution in [1.82, 2.24) is 4.90 Å². The van der Waals surface area contributed by atoms with Gasteiger partial charge in [-0.05, 0) is 69.7 Å². The lowest BCUT2D eigenvalue weighted by Crippen LogP contribution is -2.33. The van der Waals surface area contributed by atoms with Crippen molar-refractivity contribution in [2.24, 2.45) is 11.8 Å². The van der Waals surface area contributed by atoms with Crippen LogP contribution in [0.25, 0.3) is 21.9 Å². The molecule has 1 saturated heterocycles. The fraction of sp³-hybridized carbons (Fsp3) is 0.258. The van der Waals surface area contributed by atoms with Gasteiger partial charge in [-0.2, -0.15) is 0 Å². The van der Waals surface area contributed by atoms with Crippen molar-refractivity contribution in [3.8, 4) is 11.1 Å². The van der Waals surface area contributed by atoms with Crippen molar-refractivity contribution in [2.45, 2.75) is 37.8 Å². The maximum Gasteiger partial charge on any atom is 0.226 e. The molecule has 0 bridgehead atoms. The topological polar surface area (TPSA) is 20.3 Å². The van der Waals surface area contributed by atoms with Crippen LogP contribution in [0.1, 0.15) is 35.4 Å². The number of likely N-dealkylation sites (tertiary alicyclic amines) is 1. The first-order valence-electron chi connectivity index (χ1n) is 12.2. The number of benzene rings is 4. The van der Waals surface area contributed by atoms with Crippen LogP contribution in [0.5, 0.6) is 0 Å². The molecule has 3 aliphatic rings. The minimum Gasteiger partial charge on any atom is -0.335 e. The van der Waals surface area contributed by atoms with Crippen LogP contribution >= 0.6 is 0 Å². The Morgan fingerprint density at radius 3 is 2.52 bits per heavy atom. The van der Waals surface area contributed by atoms with E-state index in [0.717, 1.165) is 19.4 Å². The molecule has 2 heteroatoms. The van der Waals surface area contributed by atoms with E-state index >= 15 is 0 Å². The molecule has 4 aromatic rings. The fourth-order valence-electron chi connectivity index (χ4n) is 7.03. The molecule has 0 aromatic heterocycles. The van der Waals surface area contributed by atoms with Gasteiger partial charge in [-0.1, -0.05) is 91.0 Å². The van der Waals surface area contributed by atoms with Gasteiger partial charge in [0.2, 0.25) is 5.91 Å². The highest BCUT2D eigenvalue weighted by molar-refractivity contribution is 5.96. The van der Waals surface area contributed by atoms with Crippen molar-refractivity contribution in [2.75, 3.05) is 0 Å². The van der Waals surface area contributed by atoms with Gasteiger partial charge in [0.1, 0.15) is 0 Å². The summed E-state index contributed by atoms with van der Waals surface area (Å²) in [5, 5.41) is 2.59. The molecule has 33 heavy (non-hydrogen) atoms. The summed E-state index contributed by atoms with van der Waals surface area (Å²) in [5.41, 5.74) is 6.74. The zero-order valence-corrected chi connectivity index (χ0v) is 18.7. The SMILES string of the molecule is O=C1C2Cc3ccc(-c4cccc5ccccc45)cc3C3CCC(C23)N1Cc1ccccc1. The molecular weight excluding hydrogens is 402 g/mol. The smallest absolute Gasteiger partial charge is 0.226 e. The number of nitrogens with zero attached hydrogens (tertiary/aromatic N) is 1. The van der Waals surface area contributed by atoms with E-state index in [0.29, 0.717) is 23.8 Å². The molecule has 162 valence electrons. The largest absolute Gasteiger partial charge is 0.335 e. The van der Waals surface area contributed by atoms with Gasteiger partial charge in [-0.25, -0.2) is 0 Å². The van der Waals surface area contributed by atoms with Gasteiger partial charge in [0.15, 0.2) is 0 Å². The molecule has 1 heterocycles. The second-order valence-corrected chi connectivity index (χ2v) is 10.0. The number of hydrogen-bond donors (Lipinski definition) is 0. The van der Waals surface area contributed by atoms with Crippen molar-refractivity contribution >= 4 is 16.7 Å². The molecule has 2 nitrogen and oxygen atoms in total. The quantitative estimate of drug-likeness (QED) is 0.360. The van der Waals surface area contributed by atoms with E-state index in [1.54, 1.807) is 0 Å². The summed E-state index contributed by atoms with van der Waals surface area (Å²) in [6.07, 6.45) is 3.21. The second-order valence-electron chi connectivity index (χ2n) is 10.0. The highest BCUT2D eigenvalue weighted by Crippen LogP contribution is 2.55. The van der Waals surface area contributed by atoms with E-state index in [2.05, 4.69) is 89.8 Å². The summed E-state index contributed by atoms with van der Waals surface area (Å²) in [4.78, 5) is 15.7. The number of carbonyl (C=O) groups is 1. The molecule has 4 atom stereocenters. The minimum atomic E-state index is 0.155. The van der Waals surface area contributed by atoms with Crippen LogP contribution in [0, 0.1) is 11.8 Å². The lowest BCUT2D eigenvalue weighted by atomic mass is 9.70. The Morgan fingerprint density at radius 1 is 0.788 bits per heavy atom. The van der Waals surface area contributed by atoms with Crippen molar-refractivity contribution in [1.29, 1.82) is 0 Å². The summed E-state index contributed by atoms with van der Waals surface area (Å²) in [6.45, 7) is 0.752. The summed E-state index contributed by atoms with van der Waals surface area (Å²) >= 11 is 0. The predicted octanol–water partition coefficient (Wildman–Crippen LogP) is 6.58. The molecule has 7 rings (SSSR count). The van der Waals surface area contributed by atoms with Crippen molar-refractivity contribution < 1.29 is 4.79 Å². The summed E-state index contributed by atoms with van der Waals surface area (Å²) in [6, 6.07) is 33.2. The molecule has 1 amide bonds. The van der Waals surface area contributed by atoms with Crippen LogP contribution in [0.2, 0.25) is 0 Å². The number of amides is 1. The van der Waals surface area contributed by atoms with E-state index in [4.69, 9.17) is 0 Å². The Balaban J connectivity index is 1.26. The third kappa shape index (κ3) is 2.90. The Labute approximate surface area is 194 Å². The zero-order valence-electron chi connectivity index (χ0n) is 18.7. The first kappa shape index (κ1) is 19.1. The fourth-order valence-corrected chi connectivity index (χ4v) is 7.03. The van der Waals surface area contributed by atoms with Gasteiger partial charge in [0.25, 0.3) is 0 Å². The third-order valence-electron chi connectivity index (χ3n) is 8.43. The first-order chi connectivity index (χ1) is 16.3. The average molecular weight is 430 g/mol. The standard InChI is InChI=1S/C31H27NO/c33-31-28-18-23-14-13-22(25-12-6-10-21-9-4-5-11-24(21)25)17-27(23)26-15-16-29(30(26)28)32(31)19-20-7-2-1-3-8-20/h1-14,17,26,28-30H,15-16,18-19H2. The van der Waals surface area contributed by atoms with Gasteiger partial charge >= 0.3 is 0 Å². The molecular formula is C31H27NO. The molecule has 4 unspecified atom stereocenters. The maximum absolute atomic E-state index is 13.5. The Kier molecular flexibility index (Phi) is 4.24. The van der Waals surface area contributed by atoms with E-state index < -0.39 is 0 Å². The minimum absolute atomic E-state index is 0.155. The summed E-state index contributed by atoms with van der Waals surface area (Å²) < 4.78 is 0. The number of rotatable bonds is 3. The van der Waals surface area contributed by atoms with Crippen LogP contribution in [-0.2, 0) is 17.8 Å². The third-order valence-corrected chi connectivity index (χ3v) is 8.43. The van der Waals surface area contributed by atoms with Gasteiger partial charge in [-0.3, -0.25) is 4.79 Å². The van der Waals surface area contributed by atoms with Crippen LogP contribution in [0.15, 0.2) is 91.0 Å². The van der Waals surface area contributed by atoms with Crippen LogP contribution in [-0.4, -0.2) is 16.8 Å². The molecule has 2 aliphatic carbocycles. The van der Waals surface area contributed by atoms with Gasteiger partial charge in [-0.15, -0.1) is 0 Å². The lowest BCUT2D eigenvalue weighted by Gasteiger charge is -2.32. The van der Waals surface area contributed by atoms with Crippen LogP contribution in [0.4, 0.5) is 0 Å². The average Bonchev–Trinajstić information content (AvgIpc) is 3.41. The maximum atomic E-state index is 13.5. The number of hydrogen-bond acceptors (Lipinski definition) is 1. The van der Waals surface area contributed by atoms with Gasteiger partial charge in [0, 0.05) is 18.5 Å². The number of fused-ring (bicyclic) bond motifs is 3. The Morgan fingerprint density at radius 2 is 1.61 bits per heavy atom. The molecule has 0 spiro atoms. The van der Waals surface area contributed by atoms with Crippen molar-refractivity contribution in [3.63, 3.8) is 0 Å². The highest BCUT2D eigenvalue weighted by atomic mass is 16.2. The lowest BCUT2D eigenvalue weighted by molar-refractivity contribution is -0.133. The predicted molar refractivity (Wildman–Crippen MR) is 133 cm³/mol. The molecule has 4 aromatic carbocycles. The molecule has 2 fully saturated rings. The Hall–Kier alpha value is -3.39. The normalized spacial score (nSPS) is 25.3. The van der Waals surface area contributed by atoms with Gasteiger partial charge in [0.05, 0.1) is 0 Å². The summed E-state index contributed by atoms with van der Waals surface area (Å²) in [7, 11) is 0. The first-order valence-corrected chi connectivity index (χ1v) is 12.2. The highest BCUT2D eigenvalue weighted by Gasteiger charge is 2.56.